The summed E-state index contributed by atoms with van der Waals surface area (Å²) in [5.74, 6) is 0. The van der Waals surface area contributed by atoms with Gasteiger partial charge in [0.15, 0.2) is 0 Å². The summed E-state index contributed by atoms with van der Waals surface area (Å²) in [6, 6.07) is 4.68. The molecule has 0 heterocycles. The second kappa shape index (κ2) is 4.94. The molecule has 0 aliphatic heterocycles. The maximum atomic E-state index is 12.0. The van der Waals surface area contributed by atoms with Crippen molar-refractivity contribution in [3.8, 4) is 0 Å². The van der Waals surface area contributed by atoms with E-state index < -0.39 is 10.0 Å². The van der Waals surface area contributed by atoms with Crippen LogP contribution in [0.1, 0.15) is 24.8 Å². The van der Waals surface area contributed by atoms with Crippen LogP contribution in [-0.4, -0.2) is 14.5 Å². The third kappa shape index (κ3) is 2.80. The third-order valence-electron chi connectivity index (χ3n) is 2.97. The molecule has 0 atom stereocenters. The van der Waals surface area contributed by atoms with Crippen molar-refractivity contribution in [1.29, 1.82) is 0 Å². The molecule has 0 unspecified atom stereocenters. The maximum Gasteiger partial charge on any atom is 0.240 e. The highest BCUT2D eigenvalue weighted by Crippen LogP contribution is 2.23. The van der Waals surface area contributed by atoms with Gasteiger partial charge in [0, 0.05) is 17.6 Å². The van der Waals surface area contributed by atoms with Gasteiger partial charge in [0.1, 0.15) is 0 Å². The molecule has 6 heteroatoms. The summed E-state index contributed by atoms with van der Waals surface area (Å²) in [5, 5.41) is 0.495. The Morgan fingerprint density at radius 3 is 2.65 bits per heavy atom. The van der Waals surface area contributed by atoms with E-state index in [1.54, 1.807) is 6.07 Å². The van der Waals surface area contributed by atoms with Crippen LogP contribution in [0.15, 0.2) is 23.1 Å². The molecular weight excluding hydrogens is 260 g/mol. The summed E-state index contributed by atoms with van der Waals surface area (Å²) in [5.41, 5.74) is 6.14. The maximum absolute atomic E-state index is 12.0. The number of nitrogens with one attached hydrogen (secondary N) is 1. The molecule has 0 saturated heterocycles. The Kier molecular flexibility index (Phi) is 3.73. The zero-order chi connectivity index (χ0) is 12.5. The van der Waals surface area contributed by atoms with Gasteiger partial charge in [0.25, 0.3) is 0 Å². The number of halogens is 1. The fourth-order valence-corrected chi connectivity index (χ4v) is 3.24. The minimum Gasteiger partial charge on any atom is -0.326 e. The van der Waals surface area contributed by atoms with E-state index in [-0.39, 0.29) is 17.5 Å². The van der Waals surface area contributed by atoms with Crippen LogP contribution in [0.2, 0.25) is 5.02 Å². The summed E-state index contributed by atoms with van der Waals surface area (Å²) < 4.78 is 26.7. The van der Waals surface area contributed by atoms with E-state index in [2.05, 4.69) is 4.72 Å². The number of hydrogen-bond donors (Lipinski definition) is 2. The van der Waals surface area contributed by atoms with Crippen molar-refractivity contribution in [2.45, 2.75) is 36.7 Å². The molecule has 4 nitrogen and oxygen atoms in total. The lowest BCUT2D eigenvalue weighted by atomic mass is 9.94. The van der Waals surface area contributed by atoms with Crippen LogP contribution in [0.3, 0.4) is 0 Å². The Hall–Kier alpha value is -0.620. The van der Waals surface area contributed by atoms with Gasteiger partial charge in [-0.1, -0.05) is 18.0 Å². The largest absolute Gasteiger partial charge is 0.326 e. The molecule has 0 aromatic heterocycles. The highest BCUT2D eigenvalue weighted by atomic mass is 35.5. The van der Waals surface area contributed by atoms with E-state index in [1.165, 1.54) is 12.1 Å². The van der Waals surface area contributed by atoms with Gasteiger partial charge < -0.3 is 5.73 Å². The van der Waals surface area contributed by atoms with Crippen molar-refractivity contribution in [3.63, 3.8) is 0 Å². The molecule has 1 aliphatic carbocycles. The first-order valence-corrected chi connectivity index (χ1v) is 7.40. The van der Waals surface area contributed by atoms with Gasteiger partial charge in [0.2, 0.25) is 10.0 Å². The first kappa shape index (κ1) is 12.8. The van der Waals surface area contributed by atoms with Crippen molar-refractivity contribution in [1.82, 2.24) is 4.72 Å². The van der Waals surface area contributed by atoms with Crippen LogP contribution in [0.25, 0.3) is 0 Å². The lowest BCUT2D eigenvalue weighted by molar-refractivity contribution is 0.383. The molecular formula is C11H15ClN2O2S. The van der Waals surface area contributed by atoms with Gasteiger partial charge in [-0.05, 0) is 36.6 Å². The van der Waals surface area contributed by atoms with Gasteiger partial charge in [-0.15, -0.1) is 0 Å². The minimum absolute atomic E-state index is 0.0806. The SMILES string of the molecule is NCc1cc(S(=O)(=O)NC2CCC2)ccc1Cl. The Bertz CT molecular complexity index is 512. The highest BCUT2D eigenvalue weighted by Gasteiger charge is 2.24. The quantitative estimate of drug-likeness (QED) is 0.877. The summed E-state index contributed by atoms with van der Waals surface area (Å²) in [4.78, 5) is 0.231. The second-order valence-electron chi connectivity index (χ2n) is 4.21. The molecule has 2 rings (SSSR count). The van der Waals surface area contributed by atoms with Crippen molar-refractivity contribution >= 4 is 21.6 Å². The highest BCUT2D eigenvalue weighted by molar-refractivity contribution is 7.89. The van der Waals surface area contributed by atoms with Crippen molar-refractivity contribution < 1.29 is 8.42 Å². The Labute approximate surface area is 106 Å². The number of hydrogen-bond acceptors (Lipinski definition) is 3. The molecule has 0 amide bonds. The van der Waals surface area contributed by atoms with Crippen LogP contribution >= 0.6 is 11.6 Å². The number of benzene rings is 1. The Balaban J connectivity index is 2.25. The van der Waals surface area contributed by atoms with Crippen LogP contribution in [0.4, 0.5) is 0 Å². The third-order valence-corrected chi connectivity index (χ3v) is 4.86. The molecule has 1 aliphatic rings. The zero-order valence-corrected chi connectivity index (χ0v) is 10.9. The fraction of sp³-hybridized carbons (Fsp3) is 0.455. The van der Waals surface area contributed by atoms with Crippen LogP contribution in [0, 0.1) is 0 Å². The summed E-state index contributed by atoms with van der Waals surface area (Å²) in [6.07, 6.45) is 2.91. The number of rotatable bonds is 4. The molecule has 94 valence electrons. The van der Waals surface area contributed by atoms with Crippen LogP contribution in [0.5, 0.6) is 0 Å². The monoisotopic (exact) mass is 274 g/mol. The topological polar surface area (TPSA) is 72.2 Å². The fourth-order valence-electron chi connectivity index (χ4n) is 1.69. The van der Waals surface area contributed by atoms with E-state index in [1.807, 2.05) is 0 Å². The van der Waals surface area contributed by atoms with Gasteiger partial charge in [0.05, 0.1) is 4.90 Å². The van der Waals surface area contributed by atoms with E-state index in [4.69, 9.17) is 17.3 Å². The van der Waals surface area contributed by atoms with Gasteiger partial charge in [-0.25, -0.2) is 13.1 Å². The summed E-state index contributed by atoms with van der Waals surface area (Å²) in [7, 11) is -3.43. The molecule has 0 spiro atoms. The average molecular weight is 275 g/mol. The average Bonchev–Trinajstić information content (AvgIpc) is 2.24. The minimum atomic E-state index is -3.43. The predicted octanol–water partition coefficient (Wildman–Crippen LogP) is 1.63. The van der Waals surface area contributed by atoms with Crippen LogP contribution in [-0.2, 0) is 16.6 Å². The lowest BCUT2D eigenvalue weighted by Crippen LogP contribution is -2.39. The van der Waals surface area contributed by atoms with E-state index in [9.17, 15) is 8.42 Å². The van der Waals surface area contributed by atoms with Crippen molar-refractivity contribution in [3.05, 3.63) is 28.8 Å². The molecule has 1 aromatic rings. The molecule has 1 aromatic carbocycles. The Morgan fingerprint density at radius 1 is 1.41 bits per heavy atom. The molecule has 1 saturated carbocycles. The molecule has 3 N–H and O–H groups in total. The molecule has 0 bridgehead atoms. The number of nitrogens with two attached hydrogens (primary N) is 1. The standard InChI is InChI=1S/C11H15ClN2O2S/c12-11-5-4-10(6-8(11)7-13)17(15,16)14-9-2-1-3-9/h4-6,9,14H,1-3,7,13H2. The summed E-state index contributed by atoms with van der Waals surface area (Å²) >= 11 is 5.90. The second-order valence-corrected chi connectivity index (χ2v) is 6.33. The predicted molar refractivity (Wildman–Crippen MR) is 67.3 cm³/mol. The zero-order valence-electron chi connectivity index (χ0n) is 9.32. The lowest BCUT2D eigenvalue weighted by Gasteiger charge is -2.26. The number of sulfonamides is 1. The van der Waals surface area contributed by atoms with Gasteiger partial charge >= 0.3 is 0 Å². The Morgan fingerprint density at radius 2 is 2.12 bits per heavy atom. The van der Waals surface area contributed by atoms with Gasteiger partial charge in [-0.3, -0.25) is 0 Å². The first-order chi connectivity index (χ1) is 8.03. The molecule has 0 radical (unpaired) electrons. The molecule has 17 heavy (non-hydrogen) atoms. The normalized spacial score (nSPS) is 16.8. The van der Waals surface area contributed by atoms with Crippen molar-refractivity contribution in [2.24, 2.45) is 5.73 Å². The van der Waals surface area contributed by atoms with Crippen LogP contribution < -0.4 is 10.5 Å². The smallest absolute Gasteiger partial charge is 0.240 e. The first-order valence-electron chi connectivity index (χ1n) is 5.54. The van der Waals surface area contributed by atoms with Crippen molar-refractivity contribution in [2.75, 3.05) is 0 Å². The van der Waals surface area contributed by atoms with Gasteiger partial charge in [-0.2, -0.15) is 0 Å². The van der Waals surface area contributed by atoms with E-state index in [0.717, 1.165) is 19.3 Å². The van der Waals surface area contributed by atoms with E-state index >= 15 is 0 Å². The molecule has 1 fully saturated rings. The summed E-state index contributed by atoms with van der Waals surface area (Å²) in [6.45, 7) is 0.228. The van der Waals surface area contributed by atoms with E-state index in [0.29, 0.717) is 10.6 Å².